The maximum atomic E-state index is 12.6. The summed E-state index contributed by atoms with van der Waals surface area (Å²) in [6.07, 6.45) is 3.97. The van der Waals surface area contributed by atoms with Gasteiger partial charge in [0.25, 0.3) is 11.1 Å². The van der Waals surface area contributed by atoms with Crippen molar-refractivity contribution in [1.29, 1.82) is 0 Å². The fraction of sp³-hybridized carbons (Fsp3) is 0.476. The Labute approximate surface area is 175 Å². The molecule has 1 aliphatic heterocycles. The Bertz CT molecular complexity index is 791. The SMILES string of the molecule is CCCCOc1ccc(/C=C2\SC(=O)N(CC(=O)O[C@@H](C)CC)C2=O)cc1OC. The van der Waals surface area contributed by atoms with Gasteiger partial charge in [-0.05, 0) is 55.3 Å². The zero-order valence-electron chi connectivity index (χ0n) is 17.2. The van der Waals surface area contributed by atoms with Crippen LogP contribution in [0.3, 0.4) is 0 Å². The molecule has 0 saturated carbocycles. The molecule has 1 atom stereocenters. The molecule has 0 aliphatic carbocycles. The lowest BCUT2D eigenvalue weighted by atomic mass is 10.2. The first-order valence-electron chi connectivity index (χ1n) is 9.65. The molecule has 2 rings (SSSR count). The van der Waals surface area contributed by atoms with Crippen molar-refractivity contribution in [2.24, 2.45) is 0 Å². The fourth-order valence-electron chi connectivity index (χ4n) is 2.48. The molecule has 0 N–H and O–H groups in total. The number of thioether (sulfide) groups is 1. The zero-order valence-corrected chi connectivity index (χ0v) is 18.0. The van der Waals surface area contributed by atoms with Crippen LogP contribution in [-0.4, -0.2) is 48.4 Å². The van der Waals surface area contributed by atoms with E-state index in [9.17, 15) is 14.4 Å². The molecule has 1 aliphatic rings. The minimum atomic E-state index is -0.599. The average Bonchev–Trinajstić information content (AvgIpc) is 2.96. The second kappa shape index (κ2) is 10.9. The van der Waals surface area contributed by atoms with Gasteiger partial charge in [0, 0.05) is 0 Å². The third kappa shape index (κ3) is 6.25. The molecular formula is C21H27NO6S. The first-order chi connectivity index (χ1) is 13.9. The van der Waals surface area contributed by atoms with Crippen molar-refractivity contribution in [2.75, 3.05) is 20.3 Å². The highest BCUT2D eigenvalue weighted by Gasteiger charge is 2.36. The van der Waals surface area contributed by atoms with Crippen LogP contribution >= 0.6 is 11.8 Å². The number of amides is 2. The molecule has 0 bridgehead atoms. The van der Waals surface area contributed by atoms with Crippen LogP contribution in [0, 0.1) is 0 Å². The van der Waals surface area contributed by atoms with Crippen LogP contribution < -0.4 is 9.47 Å². The number of imide groups is 1. The van der Waals surface area contributed by atoms with E-state index in [1.807, 2.05) is 6.92 Å². The first-order valence-corrected chi connectivity index (χ1v) is 10.5. The monoisotopic (exact) mass is 421 g/mol. The predicted molar refractivity (Wildman–Crippen MR) is 112 cm³/mol. The lowest BCUT2D eigenvalue weighted by molar-refractivity contribution is -0.150. The van der Waals surface area contributed by atoms with Gasteiger partial charge in [0.1, 0.15) is 6.54 Å². The maximum Gasteiger partial charge on any atom is 0.326 e. The number of ether oxygens (including phenoxy) is 3. The average molecular weight is 422 g/mol. The van der Waals surface area contributed by atoms with E-state index in [0.717, 1.165) is 29.5 Å². The van der Waals surface area contributed by atoms with Crippen molar-refractivity contribution < 1.29 is 28.6 Å². The van der Waals surface area contributed by atoms with Crippen LogP contribution in [0.5, 0.6) is 11.5 Å². The van der Waals surface area contributed by atoms with Gasteiger partial charge in [-0.1, -0.05) is 26.3 Å². The predicted octanol–water partition coefficient (Wildman–Crippen LogP) is 4.25. The Morgan fingerprint density at radius 2 is 2.00 bits per heavy atom. The van der Waals surface area contributed by atoms with Gasteiger partial charge < -0.3 is 14.2 Å². The van der Waals surface area contributed by atoms with Crippen LogP contribution in [0.4, 0.5) is 4.79 Å². The van der Waals surface area contributed by atoms with Crippen molar-refractivity contribution in [3.05, 3.63) is 28.7 Å². The number of hydrogen-bond acceptors (Lipinski definition) is 7. The number of methoxy groups -OCH3 is 1. The zero-order chi connectivity index (χ0) is 21.4. The Balaban J connectivity index is 2.11. The molecule has 1 aromatic carbocycles. The van der Waals surface area contributed by atoms with Gasteiger partial charge in [0.05, 0.1) is 24.7 Å². The van der Waals surface area contributed by atoms with Crippen LogP contribution in [-0.2, 0) is 14.3 Å². The highest BCUT2D eigenvalue weighted by Crippen LogP contribution is 2.34. The summed E-state index contributed by atoms with van der Waals surface area (Å²) in [5.74, 6) is 0.0618. The Kier molecular flexibility index (Phi) is 8.57. The van der Waals surface area contributed by atoms with Gasteiger partial charge in [-0.3, -0.25) is 19.3 Å². The van der Waals surface area contributed by atoms with E-state index < -0.39 is 17.1 Å². The van der Waals surface area contributed by atoms with Crippen molar-refractivity contribution in [1.82, 2.24) is 4.90 Å². The van der Waals surface area contributed by atoms with E-state index in [0.29, 0.717) is 30.1 Å². The van der Waals surface area contributed by atoms with Gasteiger partial charge in [-0.15, -0.1) is 0 Å². The van der Waals surface area contributed by atoms with Gasteiger partial charge in [-0.25, -0.2) is 0 Å². The van der Waals surface area contributed by atoms with Crippen LogP contribution in [0.1, 0.15) is 45.6 Å². The lowest BCUT2D eigenvalue weighted by Crippen LogP contribution is -2.35. The maximum absolute atomic E-state index is 12.6. The largest absolute Gasteiger partial charge is 0.493 e. The number of carbonyl (C=O) groups is 3. The van der Waals surface area contributed by atoms with Crippen molar-refractivity contribution >= 4 is 35.0 Å². The van der Waals surface area contributed by atoms with E-state index in [4.69, 9.17) is 14.2 Å². The fourth-order valence-corrected chi connectivity index (χ4v) is 3.32. The molecule has 158 valence electrons. The Morgan fingerprint density at radius 3 is 2.66 bits per heavy atom. The molecule has 0 spiro atoms. The molecule has 7 nitrogen and oxygen atoms in total. The van der Waals surface area contributed by atoms with Gasteiger partial charge in [0.2, 0.25) is 0 Å². The highest BCUT2D eigenvalue weighted by atomic mass is 32.2. The van der Waals surface area contributed by atoms with E-state index >= 15 is 0 Å². The number of unbranched alkanes of at least 4 members (excludes halogenated alkanes) is 1. The number of benzene rings is 1. The molecule has 29 heavy (non-hydrogen) atoms. The lowest BCUT2D eigenvalue weighted by Gasteiger charge is -2.14. The van der Waals surface area contributed by atoms with Crippen molar-refractivity contribution in [2.45, 2.75) is 46.1 Å². The molecule has 2 amide bonds. The quantitative estimate of drug-likeness (QED) is 0.317. The standard InChI is InChI=1S/C21H27NO6S/c1-5-7-10-27-16-9-8-15(11-17(16)26-4)12-18-20(24)22(21(25)29-18)13-19(23)28-14(3)6-2/h8-9,11-12,14H,5-7,10,13H2,1-4H3/b18-12-/t14-/m0/s1. The van der Waals surface area contributed by atoms with Gasteiger partial charge >= 0.3 is 5.97 Å². The molecule has 1 saturated heterocycles. The molecule has 0 radical (unpaired) electrons. The smallest absolute Gasteiger partial charge is 0.326 e. The van der Waals surface area contributed by atoms with Crippen LogP contribution in [0.15, 0.2) is 23.1 Å². The van der Waals surface area contributed by atoms with E-state index in [-0.39, 0.29) is 17.6 Å². The summed E-state index contributed by atoms with van der Waals surface area (Å²) in [7, 11) is 1.54. The second-order valence-corrected chi connectivity index (χ2v) is 7.58. The van der Waals surface area contributed by atoms with Crippen molar-refractivity contribution in [3.8, 4) is 11.5 Å². The van der Waals surface area contributed by atoms with Crippen LogP contribution in [0.2, 0.25) is 0 Å². The minimum Gasteiger partial charge on any atom is -0.493 e. The highest BCUT2D eigenvalue weighted by molar-refractivity contribution is 8.18. The number of nitrogens with zero attached hydrogens (tertiary/aromatic N) is 1. The topological polar surface area (TPSA) is 82.1 Å². The second-order valence-electron chi connectivity index (χ2n) is 6.59. The summed E-state index contributed by atoms with van der Waals surface area (Å²) in [6, 6.07) is 5.30. The summed E-state index contributed by atoms with van der Waals surface area (Å²) in [4.78, 5) is 37.8. The Hall–Kier alpha value is -2.48. The van der Waals surface area contributed by atoms with E-state index in [1.54, 1.807) is 38.3 Å². The van der Waals surface area contributed by atoms with Crippen LogP contribution in [0.25, 0.3) is 6.08 Å². The molecule has 0 aromatic heterocycles. The summed E-state index contributed by atoms with van der Waals surface area (Å²) in [5.41, 5.74) is 0.692. The molecule has 1 fully saturated rings. The summed E-state index contributed by atoms with van der Waals surface area (Å²) >= 11 is 0.796. The summed E-state index contributed by atoms with van der Waals surface area (Å²) in [5, 5.41) is -0.492. The normalized spacial score (nSPS) is 16.3. The number of hydrogen-bond donors (Lipinski definition) is 0. The molecule has 0 unspecified atom stereocenters. The number of rotatable bonds is 10. The van der Waals surface area contributed by atoms with Gasteiger partial charge in [0.15, 0.2) is 11.5 Å². The molecule has 1 heterocycles. The molecule has 8 heteroatoms. The first kappa shape index (κ1) is 22.8. The number of esters is 1. The van der Waals surface area contributed by atoms with E-state index in [1.165, 1.54) is 0 Å². The minimum absolute atomic E-state index is 0.244. The van der Waals surface area contributed by atoms with Gasteiger partial charge in [-0.2, -0.15) is 0 Å². The third-order valence-electron chi connectivity index (χ3n) is 4.31. The molecule has 1 aromatic rings. The summed E-state index contributed by atoms with van der Waals surface area (Å²) in [6.45, 7) is 5.93. The molecular weight excluding hydrogens is 394 g/mol. The Morgan fingerprint density at radius 1 is 1.24 bits per heavy atom. The summed E-state index contributed by atoms with van der Waals surface area (Å²) < 4.78 is 16.2. The van der Waals surface area contributed by atoms with Crippen molar-refractivity contribution in [3.63, 3.8) is 0 Å². The third-order valence-corrected chi connectivity index (χ3v) is 5.22. The van der Waals surface area contributed by atoms with E-state index in [2.05, 4.69) is 6.92 Å². The number of carbonyl (C=O) groups excluding carboxylic acids is 3.